The smallest absolute Gasteiger partial charge is 0.269 e. The van der Waals surface area contributed by atoms with Gasteiger partial charge in [-0.3, -0.25) is 4.98 Å². The molecule has 3 aromatic heterocycles. The summed E-state index contributed by atoms with van der Waals surface area (Å²) in [6, 6.07) is 6.01. The predicted molar refractivity (Wildman–Crippen MR) is 92.3 cm³/mol. The summed E-state index contributed by atoms with van der Waals surface area (Å²) in [4.78, 5) is 7.52. The minimum atomic E-state index is -4.00. The first kappa shape index (κ1) is 16.9. The van der Waals surface area contributed by atoms with Crippen LogP contribution >= 0.6 is 0 Å². The minimum absolute atomic E-state index is 0.00705. The van der Waals surface area contributed by atoms with E-state index in [-0.39, 0.29) is 28.7 Å². The molecule has 1 aliphatic carbocycles. The molecule has 0 saturated heterocycles. The molecule has 1 N–H and O–H groups in total. The van der Waals surface area contributed by atoms with Crippen LogP contribution in [0.15, 0.2) is 53.9 Å². The first-order valence-corrected chi connectivity index (χ1v) is 9.59. The van der Waals surface area contributed by atoms with Gasteiger partial charge in [0.15, 0.2) is 0 Å². The maximum Gasteiger partial charge on any atom is 0.269 e. The molecule has 134 valence electrons. The lowest BCUT2D eigenvalue weighted by molar-refractivity contribution is 0.281. The van der Waals surface area contributed by atoms with E-state index in [4.69, 9.17) is 0 Å². The van der Waals surface area contributed by atoms with E-state index in [1.807, 2.05) is 0 Å². The maximum atomic E-state index is 14.4. The zero-order valence-corrected chi connectivity index (χ0v) is 14.5. The average molecular weight is 373 g/mol. The highest BCUT2D eigenvalue weighted by molar-refractivity contribution is 7.90. The number of aromatic nitrogens is 3. The second-order valence-corrected chi connectivity index (χ2v) is 8.00. The number of halogens is 1. The lowest BCUT2D eigenvalue weighted by Gasteiger charge is -2.13. The number of hydrogen-bond acceptors (Lipinski definition) is 5. The Morgan fingerprint density at radius 1 is 1.23 bits per heavy atom. The molecule has 0 aliphatic heterocycles. The zero-order chi connectivity index (χ0) is 18.3. The Morgan fingerprint density at radius 3 is 2.62 bits per heavy atom. The van der Waals surface area contributed by atoms with Gasteiger partial charge in [-0.1, -0.05) is 0 Å². The molecule has 0 amide bonds. The molecule has 8 heteroatoms. The van der Waals surface area contributed by atoms with Gasteiger partial charge in [-0.25, -0.2) is 17.4 Å². The SMILES string of the molecule is O=S(=O)(c1cccnc1)n1cc(CO)c(C2CC2)c1-c1cccnc1F. The van der Waals surface area contributed by atoms with Gasteiger partial charge in [0.25, 0.3) is 10.0 Å². The van der Waals surface area contributed by atoms with Crippen molar-refractivity contribution in [2.45, 2.75) is 30.3 Å². The van der Waals surface area contributed by atoms with E-state index < -0.39 is 16.0 Å². The Bertz CT molecular complexity index is 1060. The number of pyridine rings is 2. The van der Waals surface area contributed by atoms with Crippen molar-refractivity contribution in [1.82, 2.24) is 13.9 Å². The Balaban J connectivity index is 2.03. The zero-order valence-electron chi connectivity index (χ0n) is 13.7. The molecule has 26 heavy (non-hydrogen) atoms. The fourth-order valence-electron chi connectivity index (χ4n) is 3.13. The molecule has 1 saturated carbocycles. The molecule has 3 heterocycles. The third-order valence-corrected chi connectivity index (χ3v) is 6.10. The van der Waals surface area contributed by atoms with Gasteiger partial charge < -0.3 is 5.11 Å². The average Bonchev–Trinajstić information content (AvgIpc) is 3.42. The number of aliphatic hydroxyl groups excluding tert-OH is 1. The van der Waals surface area contributed by atoms with Crippen LogP contribution in [0.4, 0.5) is 4.39 Å². The van der Waals surface area contributed by atoms with Gasteiger partial charge >= 0.3 is 0 Å². The van der Waals surface area contributed by atoms with E-state index in [2.05, 4.69) is 9.97 Å². The molecule has 1 aliphatic rings. The molecule has 1 fully saturated rings. The number of rotatable bonds is 5. The second kappa shape index (κ2) is 6.30. The minimum Gasteiger partial charge on any atom is -0.392 e. The van der Waals surface area contributed by atoms with Crippen LogP contribution in [0.3, 0.4) is 0 Å². The van der Waals surface area contributed by atoms with E-state index in [1.165, 1.54) is 43.0 Å². The molecule has 0 spiro atoms. The van der Waals surface area contributed by atoms with Crippen LogP contribution in [0.2, 0.25) is 0 Å². The third kappa shape index (κ3) is 2.71. The fourth-order valence-corrected chi connectivity index (χ4v) is 4.50. The van der Waals surface area contributed by atoms with Gasteiger partial charge in [0.1, 0.15) is 4.90 Å². The molecule has 3 aromatic rings. The van der Waals surface area contributed by atoms with Gasteiger partial charge in [0.2, 0.25) is 5.95 Å². The Hall–Kier alpha value is -2.58. The van der Waals surface area contributed by atoms with E-state index >= 15 is 0 Å². The monoisotopic (exact) mass is 373 g/mol. The highest BCUT2D eigenvalue weighted by atomic mass is 32.2. The number of nitrogens with zero attached hydrogens (tertiary/aromatic N) is 3. The molecular formula is C18H16FN3O3S. The number of aliphatic hydroxyl groups is 1. The largest absolute Gasteiger partial charge is 0.392 e. The summed E-state index contributed by atoms with van der Waals surface area (Å²) in [6.07, 6.45) is 7.15. The molecule has 4 rings (SSSR count). The van der Waals surface area contributed by atoms with Crippen LogP contribution in [0.5, 0.6) is 0 Å². The van der Waals surface area contributed by atoms with Gasteiger partial charge in [-0.05, 0) is 48.6 Å². The highest BCUT2D eigenvalue weighted by Crippen LogP contribution is 2.48. The standard InChI is InChI=1S/C18H16FN3O3S/c19-18-15(4-2-8-21-18)17-16(12-5-6-12)13(11-23)10-22(17)26(24,25)14-3-1-7-20-9-14/h1-4,7-10,12,23H,5-6,11H2. The summed E-state index contributed by atoms with van der Waals surface area (Å²) in [6.45, 7) is -0.323. The van der Waals surface area contributed by atoms with Crippen LogP contribution < -0.4 is 0 Å². The van der Waals surface area contributed by atoms with Crippen LogP contribution in [0, 0.1) is 5.95 Å². The van der Waals surface area contributed by atoms with Crippen LogP contribution in [0.1, 0.15) is 29.9 Å². The summed E-state index contributed by atoms with van der Waals surface area (Å²) < 4.78 is 41.8. The van der Waals surface area contributed by atoms with Crippen molar-refractivity contribution < 1.29 is 17.9 Å². The molecule has 0 radical (unpaired) electrons. The first-order chi connectivity index (χ1) is 12.5. The summed E-state index contributed by atoms with van der Waals surface area (Å²) in [5.41, 5.74) is 1.48. The topological polar surface area (TPSA) is 85.1 Å². The third-order valence-electron chi connectivity index (χ3n) is 4.46. The van der Waals surface area contributed by atoms with Crippen molar-refractivity contribution in [3.05, 3.63) is 66.1 Å². The van der Waals surface area contributed by atoms with E-state index in [0.29, 0.717) is 11.1 Å². The Kier molecular flexibility index (Phi) is 4.08. The first-order valence-electron chi connectivity index (χ1n) is 8.15. The van der Waals surface area contributed by atoms with E-state index in [0.717, 1.165) is 16.8 Å². The van der Waals surface area contributed by atoms with Crippen LogP contribution in [0.25, 0.3) is 11.3 Å². The predicted octanol–water partition coefficient (Wildman–Crippen LogP) is 2.69. The summed E-state index contributed by atoms with van der Waals surface area (Å²) >= 11 is 0. The van der Waals surface area contributed by atoms with E-state index in [1.54, 1.807) is 6.07 Å². The van der Waals surface area contributed by atoms with Crippen molar-refractivity contribution in [2.75, 3.05) is 0 Å². The molecule has 0 bridgehead atoms. The molecule has 0 aromatic carbocycles. The summed E-state index contributed by atoms with van der Waals surface area (Å²) in [7, 11) is -4.00. The molecule has 6 nitrogen and oxygen atoms in total. The van der Waals surface area contributed by atoms with Crippen LogP contribution in [-0.2, 0) is 16.6 Å². The Labute approximate surface area is 150 Å². The van der Waals surface area contributed by atoms with Crippen molar-refractivity contribution in [3.63, 3.8) is 0 Å². The lowest BCUT2D eigenvalue weighted by atomic mass is 10.0. The summed E-state index contributed by atoms with van der Waals surface area (Å²) in [5.74, 6) is -0.642. The van der Waals surface area contributed by atoms with Crippen molar-refractivity contribution >= 4 is 10.0 Å². The summed E-state index contributed by atoms with van der Waals surface area (Å²) in [5, 5.41) is 9.76. The molecular weight excluding hydrogens is 357 g/mol. The maximum absolute atomic E-state index is 14.4. The molecule has 0 atom stereocenters. The number of hydrogen-bond donors (Lipinski definition) is 1. The second-order valence-electron chi connectivity index (χ2n) is 6.18. The van der Waals surface area contributed by atoms with E-state index in [9.17, 15) is 17.9 Å². The van der Waals surface area contributed by atoms with Gasteiger partial charge in [0, 0.05) is 30.4 Å². The fraction of sp³-hybridized carbons (Fsp3) is 0.222. The quantitative estimate of drug-likeness (QED) is 0.695. The van der Waals surface area contributed by atoms with Crippen molar-refractivity contribution in [2.24, 2.45) is 0 Å². The normalized spacial score (nSPS) is 14.5. The van der Waals surface area contributed by atoms with Gasteiger partial charge in [0.05, 0.1) is 17.9 Å². The van der Waals surface area contributed by atoms with Gasteiger partial charge in [-0.15, -0.1) is 0 Å². The van der Waals surface area contributed by atoms with Crippen molar-refractivity contribution in [1.29, 1.82) is 0 Å². The van der Waals surface area contributed by atoms with Crippen molar-refractivity contribution in [3.8, 4) is 11.3 Å². The highest BCUT2D eigenvalue weighted by Gasteiger charge is 2.35. The Morgan fingerprint density at radius 2 is 2.00 bits per heavy atom. The molecule has 0 unspecified atom stereocenters. The lowest BCUT2D eigenvalue weighted by Crippen LogP contribution is -2.14. The van der Waals surface area contributed by atoms with Gasteiger partial charge in [-0.2, -0.15) is 4.39 Å². The van der Waals surface area contributed by atoms with Crippen LogP contribution in [-0.4, -0.2) is 27.5 Å².